The van der Waals surface area contributed by atoms with Gasteiger partial charge in [-0.15, -0.1) is 11.3 Å². The predicted octanol–water partition coefficient (Wildman–Crippen LogP) is 6.42. The Bertz CT molecular complexity index is 734. The van der Waals surface area contributed by atoms with Crippen molar-refractivity contribution >= 4 is 49.0 Å². The number of benzene rings is 2. The van der Waals surface area contributed by atoms with E-state index in [-0.39, 0.29) is 0 Å². The fourth-order valence-electron chi connectivity index (χ4n) is 1.88. The molecule has 0 spiro atoms. The number of fused-ring (bicyclic) bond motifs is 1. The number of aryl methyl sites for hydroxylation is 1. The van der Waals surface area contributed by atoms with Gasteiger partial charge >= 0.3 is 0 Å². The standard InChI is InChI=1S/C15H10BrClOS/c1-9-6-10-7-14(13(16)8-15(10)19-9)18-12-4-2-11(17)3-5-12/h2-8H,1H3. The molecular formula is C15H10BrClOS. The fraction of sp³-hybridized carbons (Fsp3) is 0.0667. The molecule has 1 aromatic heterocycles. The van der Waals surface area contributed by atoms with Gasteiger partial charge in [0.25, 0.3) is 0 Å². The van der Waals surface area contributed by atoms with Gasteiger partial charge in [-0.05, 0) is 70.7 Å². The Morgan fingerprint density at radius 2 is 1.84 bits per heavy atom. The molecule has 0 atom stereocenters. The second kappa shape index (κ2) is 5.16. The second-order valence-corrected chi connectivity index (χ2v) is 6.81. The summed E-state index contributed by atoms with van der Waals surface area (Å²) in [4.78, 5) is 1.30. The Morgan fingerprint density at radius 1 is 1.11 bits per heavy atom. The first-order valence-corrected chi connectivity index (χ1v) is 7.74. The van der Waals surface area contributed by atoms with E-state index in [1.165, 1.54) is 15.0 Å². The molecule has 0 saturated heterocycles. The maximum atomic E-state index is 5.88. The number of rotatable bonds is 2. The number of thiophene rings is 1. The molecule has 1 nitrogen and oxygen atoms in total. The Morgan fingerprint density at radius 3 is 2.58 bits per heavy atom. The Balaban J connectivity index is 1.99. The van der Waals surface area contributed by atoms with Gasteiger partial charge in [-0.25, -0.2) is 0 Å². The SMILES string of the molecule is Cc1cc2cc(Oc3ccc(Cl)cc3)c(Br)cc2s1. The van der Waals surface area contributed by atoms with Crippen LogP contribution in [0.4, 0.5) is 0 Å². The molecule has 0 bridgehead atoms. The molecule has 0 aliphatic heterocycles. The van der Waals surface area contributed by atoms with E-state index < -0.39 is 0 Å². The molecule has 4 heteroatoms. The molecule has 96 valence electrons. The van der Waals surface area contributed by atoms with Crippen molar-refractivity contribution in [1.82, 2.24) is 0 Å². The summed E-state index contributed by atoms with van der Waals surface area (Å²) in [5.74, 6) is 1.59. The lowest BCUT2D eigenvalue weighted by atomic mass is 10.2. The van der Waals surface area contributed by atoms with Crippen molar-refractivity contribution < 1.29 is 4.74 Å². The van der Waals surface area contributed by atoms with Crippen LogP contribution in [-0.4, -0.2) is 0 Å². The molecule has 0 unspecified atom stereocenters. The highest BCUT2D eigenvalue weighted by Crippen LogP contribution is 2.37. The summed E-state index contributed by atoms with van der Waals surface area (Å²) >= 11 is 11.2. The van der Waals surface area contributed by atoms with Gasteiger partial charge in [-0.2, -0.15) is 0 Å². The van der Waals surface area contributed by atoms with Crippen LogP contribution < -0.4 is 4.74 Å². The van der Waals surface area contributed by atoms with Crippen LogP contribution in [0.5, 0.6) is 11.5 Å². The second-order valence-electron chi connectivity index (χ2n) is 4.23. The highest BCUT2D eigenvalue weighted by molar-refractivity contribution is 9.10. The average Bonchev–Trinajstić information content (AvgIpc) is 2.72. The molecular weight excluding hydrogens is 344 g/mol. The molecule has 19 heavy (non-hydrogen) atoms. The lowest BCUT2D eigenvalue weighted by molar-refractivity contribution is 0.480. The van der Waals surface area contributed by atoms with Crippen LogP contribution >= 0.6 is 38.9 Å². The van der Waals surface area contributed by atoms with Gasteiger partial charge < -0.3 is 4.74 Å². The molecule has 3 rings (SSSR count). The van der Waals surface area contributed by atoms with Crippen molar-refractivity contribution in [3.8, 4) is 11.5 Å². The van der Waals surface area contributed by atoms with Gasteiger partial charge in [0.2, 0.25) is 0 Å². The molecule has 1 heterocycles. The zero-order valence-electron chi connectivity index (χ0n) is 10.1. The van der Waals surface area contributed by atoms with Crippen molar-refractivity contribution in [2.24, 2.45) is 0 Å². The largest absolute Gasteiger partial charge is 0.456 e. The smallest absolute Gasteiger partial charge is 0.142 e. The highest BCUT2D eigenvalue weighted by atomic mass is 79.9. The third kappa shape index (κ3) is 2.78. The van der Waals surface area contributed by atoms with Crippen LogP contribution in [0.2, 0.25) is 5.02 Å². The third-order valence-corrected chi connectivity index (χ3v) is 4.62. The molecule has 3 aromatic rings. The van der Waals surface area contributed by atoms with E-state index >= 15 is 0 Å². The molecule has 0 amide bonds. The molecule has 0 N–H and O–H groups in total. The molecule has 0 fully saturated rings. The summed E-state index contributed by atoms with van der Waals surface area (Å²) in [6, 6.07) is 13.7. The first kappa shape index (κ1) is 13.0. The highest BCUT2D eigenvalue weighted by Gasteiger charge is 2.07. The number of ether oxygens (including phenoxy) is 1. The van der Waals surface area contributed by atoms with Crippen molar-refractivity contribution in [3.63, 3.8) is 0 Å². The van der Waals surface area contributed by atoms with E-state index in [1.54, 1.807) is 11.3 Å². The van der Waals surface area contributed by atoms with Gasteiger partial charge in [0.05, 0.1) is 4.47 Å². The minimum Gasteiger partial charge on any atom is -0.456 e. The summed E-state index contributed by atoms with van der Waals surface area (Å²) in [6.45, 7) is 2.11. The molecule has 0 aliphatic rings. The zero-order chi connectivity index (χ0) is 13.4. The van der Waals surface area contributed by atoms with E-state index in [1.807, 2.05) is 24.3 Å². The molecule has 0 aliphatic carbocycles. The number of hydrogen-bond acceptors (Lipinski definition) is 2. The predicted molar refractivity (Wildman–Crippen MR) is 85.8 cm³/mol. The molecule has 0 radical (unpaired) electrons. The van der Waals surface area contributed by atoms with Gasteiger partial charge in [-0.3, -0.25) is 0 Å². The van der Waals surface area contributed by atoms with E-state index in [4.69, 9.17) is 16.3 Å². The Labute approximate surface area is 128 Å². The van der Waals surface area contributed by atoms with Gasteiger partial charge in [-0.1, -0.05) is 11.6 Å². The summed E-state index contributed by atoms with van der Waals surface area (Å²) in [5.41, 5.74) is 0. The first-order chi connectivity index (χ1) is 9.11. The van der Waals surface area contributed by atoms with Crippen molar-refractivity contribution in [2.75, 3.05) is 0 Å². The lowest BCUT2D eigenvalue weighted by Gasteiger charge is -2.08. The van der Waals surface area contributed by atoms with Crippen molar-refractivity contribution in [3.05, 3.63) is 56.8 Å². The van der Waals surface area contributed by atoms with Gasteiger partial charge in [0.1, 0.15) is 11.5 Å². The quantitative estimate of drug-likeness (QED) is 0.516. The van der Waals surface area contributed by atoms with E-state index in [2.05, 4.69) is 41.1 Å². The van der Waals surface area contributed by atoms with Crippen LogP contribution in [0.15, 0.2) is 46.9 Å². The fourth-order valence-corrected chi connectivity index (χ4v) is 3.53. The third-order valence-electron chi connectivity index (χ3n) is 2.74. The topological polar surface area (TPSA) is 9.23 Å². The monoisotopic (exact) mass is 352 g/mol. The van der Waals surface area contributed by atoms with Crippen LogP contribution in [0, 0.1) is 6.92 Å². The number of hydrogen-bond donors (Lipinski definition) is 0. The van der Waals surface area contributed by atoms with Crippen LogP contribution in [0.3, 0.4) is 0 Å². The maximum absolute atomic E-state index is 5.88. The van der Waals surface area contributed by atoms with E-state index in [9.17, 15) is 0 Å². The van der Waals surface area contributed by atoms with Crippen molar-refractivity contribution in [1.29, 1.82) is 0 Å². The maximum Gasteiger partial charge on any atom is 0.142 e. The minimum atomic E-state index is 0.704. The molecule has 0 saturated carbocycles. The van der Waals surface area contributed by atoms with Crippen LogP contribution in [-0.2, 0) is 0 Å². The summed E-state index contributed by atoms with van der Waals surface area (Å²) in [5, 5.41) is 1.91. The normalized spacial score (nSPS) is 10.9. The van der Waals surface area contributed by atoms with Crippen LogP contribution in [0.25, 0.3) is 10.1 Å². The summed E-state index contributed by atoms with van der Waals surface area (Å²) < 4.78 is 8.09. The van der Waals surface area contributed by atoms with E-state index in [0.717, 1.165) is 16.0 Å². The zero-order valence-corrected chi connectivity index (χ0v) is 13.3. The Kier molecular flexibility index (Phi) is 3.52. The minimum absolute atomic E-state index is 0.704. The van der Waals surface area contributed by atoms with Gasteiger partial charge in [0, 0.05) is 14.6 Å². The Hall–Kier alpha value is -1.03. The van der Waals surface area contributed by atoms with Crippen molar-refractivity contribution in [2.45, 2.75) is 6.92 Å². The average molecular weight is 354 g/mol. The summed E-state index contributed by atoms with van der Waals surface area (Å²) in [7, 11) is 0. The van der Waals surface area contributed by atoms with Crippen LogP contribution in [0.1, 0.15) is 4.88 Å². The van der Waals surface area contributed by atoms with Gasteiger partial charge in [0.15, 0.2) is 0 Å². The first-order valence-electron chi connectivity index (χ1n) is 5.75. The molecule has 2 aromatic carbocycles. The van der Waals surface area contributed by atoms with E-state index in [0.29, 0.717) is 5.02 Å². The summed E-state index contributed by atoms with van der Waals surface area (Å²) in [6.07, 6.45) is 0. The number of halogens is 2. The lowest BCUT2D eigenvalue weighted by Crippen LogP contribution is -1.85.